The van der Waals surface area contributed by atoms with Crippen LogP contribution in [0.15, 0.2) is 0 Å². The van der Waals surface area contributed by atoms with Crippen molar-refractivity contribution < 1.29 is 13.0 Å². The fraction of sp³-hybridized carbons (Fsp3) is 1.00. The normalized spacial score (nSPS) is 21.7. The van der Waals surface area contributed by atoms with Gasteiger partial charge in [-0.25, -0.2) is 0 Å². The first-order valence-corrected chi connectivity index (χ1v) is 4.58. The van der Waals surface area contributed by atoms with Crippen LogP contribution in [0.1, 0.15) is 13.8 Å². The maximum Gasteiger partial charge on any atom is 0.270 e. The van der Waals surface area contributed by atoms with Gasteiger partial charge in [-0.05, 0) is 13.8 Å². The lowest BCUT2D eigenvalue weighted by Gasteiger charge is -2.22. The van der Waals surface area contributed by atoms with E-state index in [9.17, 15) is 8.42 Å². The van der Waals surface area contributed by atoms with E-state index >= 15 is 0 Å². The number of hydrogen-bond acceptors (Lipinski definition) is 4. The molecule has 0 aromatic heterocycles. The fourth-order valence-corrected chi connectivity index (χ4v) is 1.30. The molecule has 0 saturated heterocycles. The first-order chi connectivity index (χ1) is 4.15. The van der Waals surface area contributed by atoms with Crippen LogP contribution in [0.2, 0.25) is 0 Å². The molecule has 0 aliphatic heterocycles. The first kappa shape index (κ1) is 10.2. The van der Waals surface area contributed by atoms with Crippen molar-refractivity contribution in [3.8, 4) is 0 Å². The molecule has 0 aromatic carbocycles. The third-order valence-corrected chi connectivity index (χ3v) is 3.22. The van der Waals surface area contributed by atoms with Gasteiger partial charge >= 0.3 is 0 Å². The summed E-state index contributed by atoms with van der Waals surface area (Å²) >= 11 is 3.78. The SMILES string of the molecule is CC(C(C)(N)S)S(=O)(=O)O. The Labute approximate surface area is 66.0 Å². The van der Waals surface area contributed by atoms with Crippen LogP contribution in [0, 0.1) is 0 Å². The van der Waals surface area contributed by atoms with Crippen LogP contribution >= 0.6 is 12.6 Å². The highest BCUT2D eigenvalue weighted by Crippen LogP contribution is 2.16. The predicted molar refractivity (Wildman–Crippen MR) is 42.6 cm³/mol. The molecular weight excluding hydrogens is 174 g/mol. The van der Waals surface area contributed by atoms with E-state index in [4.69, 9.17) is 10.3 Å². The minimum atomic E-state index is -4.06. The Morgan fingerprint density at radius 3 is 2.00 bits per heavy atom. The van der Waals surface area contributed by atoms with Crippen molar-refractivity contribution in [3.63, 3.8) is 0 Å². The van der Waals surface area contributed by atoms with E-state index in [1.54, 1.807) is 0 Å². The van der Waals surface area contributed by atoms with Crippen molar-refractivity contribution in [3.05, 3.63) is 0 Å². The van der Waals surface area contributed by atoms with Crippen LogP contribution < -0.4 is 5.73 Å². The fourth-order valence-electron chi connectivity index (χ4n) is 0.302. The molecule has 0 fully saturated rings. The highest BCUT2D eigenvalue weighted by Gasteiger charge is 2.31. The van der Waals surface area contributed by atoms with E-state index in [1.807, 2.05) is 0 Å². The van der Waals surface area contributed by atoms with Crippen LogP contribution in [0.5, 0.6) is 0 Å². The summed E-state index contributed by atoms with van der Waals surface area (Å²) in [5.74, 6) is 0. The maximum absolute atomic E-state index is 10.4. The van der Waals surface area contributed by atoms with Crippen LogP contribution in [-0.4, -0.2) is 23.1 Å². The third kappa shape index (κ3) is 2.87. The van der Waals surface area contributed by atoms with Crippen LogP contribution in [-0.2, 0) is 10.1 Å². The molecule has 0 radical (unpaired) electrons. The Morgan fingerprint density at radius 2 is 2.00 bits per heavy atom. The molecule has 0 aromatic rings. The molecule has 0 amide bonds. The molecule has 3 N–H and O–H groups in total. The monoisotopic (exact) mass is 185 g/mol. The molecule has 2 unspecified atom stereocenters. The van der Waals surface area contributed by atoms with Gasteiger partial charge in [0.1, 0.15) is 5.25 Å². The van der Waals surface area contributed by atoms with Crippen molar-refractivity contribution in [2.45, 2.75) is 24.0 Å². The standard InChI is InChI=1S/C4H11NO3S2/c1-3(4(2,5)9)10(6,7)8/h3,9H,5H2,1-2H3,(H,6,7,8). The average molecular weight is 185 g/mol. The number of nitrogens with two attached hydrogens (primary N) is 1. The summed E-state index contributed by atoms with van der Waals surface area (Å²) in [5, 5.41) is -1.07. The summed E-state index contributed by atoms with van der Waals surface area (Å²) in [6.07, 6.45) is 0. The molecule has 0 saturated carbocycles. The summed E-state index contributed by atoms with van der Waals surface area (Å²) in [5.41, 5.74) is 5.29. The van der Waals surface area contributed by atoms with Gasteiger partial charge in [-0.15, -0.1) is 0 Å². The Morgan fingerprint density at radius 1 is 1.70 bits per heavy atom. The van der Waals surface area contributed by atoms with Gasteiger partial charge in [0, 0.05) is 0 Å². The largest absolute Gasteiger partial charge is 0.316 e. The van der Waals surface area contributed by atoms with E-state index in [0.717, 1.165) is 0 Å². The molecule has 6 heteroatoms. The highest BCUT2D eigenvalue weighted by molar-refractivity contribution is 7.89. The predicted octanol–water partition coefficient (Wildman–Crippen LogP) is -0.133. The Balaban J connectivity index is 4.56. The zero-order valence-electron chi connectivity index (χ0n) is 5.77. The molecule has 2 atom stereocenters. The minimum absolute atomic E-state index is 1.07. The number of rotatable bonds is 2. The van der Waals surface area contributed by atoms with Gasteiger partial charge in [0.2, 0.25) is 0 Å². The molecule has 4 nitrogen and oxygen atoms in total. The summed E-state index contributed by atoms with van der Waals surface area (Å²) in [7, 11) is -4.06. The molecular formula is C4H11NO3S2. The summed E-state index contributed by atoms with van der Waals surface area (Å²) in [6, 6.07) is 0. The van der Waals surface area contributed by atoms with E-state index in [1.165, 1.54) is 13.8 Å². The second-order valence-corrected chi connectivity index (χ2v) is 5.08. The zero-order valence-corrected chi connectivity index (χ0v) is 7.48. The second kappa shape index (κ2) is 2.69. The Hall–Kier alpha value is 0.220. The topological polar surface area (TPSA) is 80.4 Å². The summed E-state index contributed by atoms with van der Waals surface area (Å²) < 4.78 is 29.3. The van der Waals surface area contributed by atoms with Gasteiger partial charge < -0.3 is 5.73 Å². The van der Waals surface area contributed by atoms with Gasteiger partial charge in [0.05, 0.1) is 4.87 Å². The Bertz CT molecular complexity index is 203. The molecule has 62 valence electrons. The highest BCUT2D eigenvalue weighted by atomic mass is 32.2. The number of thiol groups is 1. The van der Waals surface area contributed by atoms with Crippen molar-refractivity contribution in [2.24, 2.45) is 5.73 Å². The average Bonchev–Trinajstić information content (AvgIpc) is 1.59. The lowest BCUT2D eigenvalue weighted by Crippen LogP contribution is -2.45. The molecule has 0 bridgehead atoms. The van der Waals surface area contributed by atoms with E-state index in [-0.39, 0.29) is 0 Å². The molecule has 0 aliphatic carbocycles. The maximum atomic E-state index is 10.4. The van der Waals surface area contributed by atoms with E-state index in [0.29, 0.717) is 0 Å². The van der Waals surface area contributed by atoms with Crippen molar-refractivity contribution in [1.29, 1.82) is 0 Å². The lowest BCUT2D eigenvalue weighted by molar-refractivity contribution is 0.455. The molecule has 0 rings (SSSR count). The van der Waals surface area contributed by atoms with Gasteiger partial charge in [-0.3, -0.25) is 4.55 Å². The Kier molecular flexibility index (Phi) is 2.75. The number of hydrogen-bond donors (Lipinski definition) is 3. The van der Waals surface area contributed by atoms with Crippen LogP contribution in [0.3, 0.4) is 0 Å². The quantitative estimate of drug-likeness (QED) is 0.318. The molecule has 0 heterocycles. The lowest BCUT2D eigenvalue weighted by atomic mass is 10.3. The smallest absolute Gasteiger partial charge is 0.270 e. The van der Waals surface area contributed by atoms with E-state index < -0.39 is 20.2 Å². The van der Waals surface area contributed by atoms with Gasteiger partial charge in [-0.1, -0.05) is 0 Å². The third-order valence-electron chi connectivity index (χ3n) is 1.27. The minimum Gasteiger partial charge on any atom is -0.316 e. The van der Waals surface area contributed by atoms with Crippen molar-refractivity contribution in [1.82, 2.24) is 0 Å². The first-order valence-electron chi connectivity index (χ1n) is 2.63. The second-order valence-electron chi connectivity index (χ2n) is 2.38. The van der Waals surface area contributed by atoms with Gasteiger partial charge in [0.25, 0.3) is 10.1 Å². The summed E-state index contributed by atoms with van der Waals surface area (Å²) in [4.78, 5) is -1.20. The van der Waals surface area contributed by atoms with Crippen molar-refractivity contribution in [2.75, 3.05) is 0 Å². The van der Waals surface area contributed by atoms with Crippen molar-refractivity contribution >= 4 is 22.7 Å². The summed E-state index contributed by atoms with van der Waals surface area (Å²) in [6.45, 7) is 2.71. The van der Waals surface area contributed by atoms with Crippen LogP contribution in [0.4, 0.5) is 0 Å². The molecule has 0 aliphatic rings. The van der Waals surface area contributed by atoms with Gasteiger partial charge in [0.15, 0.2) is 0 Å². The van der Waals surface area contributed by atoms with Gasteiger partial charge in [-0.2, -0.15) is 21.0 Å². The molecule has 10 heavy (non-hydrogen) atoms. The van der Waals surface area contributed by atoms with Crippen LogP contribution in [0.25, 0.3) is 0 Å². The molecule has 0 spiro atoms. The zero-order chi connectivity index (χ0) is 8.58. The van der Waals surface area contributed by atoms with E-state index in [2.05, 4.69) is 12.6 Å².